The molecule has 96 valence electrons. The molecule has 0 aliphatic rings. The van der Waals surface area contributed by atoms with Gasteiger partial charge in [-0.15, -0.1) is 0 Å². The molecule has 0 spiro atoms. The maximum atomic E-state index is 5.33. The lowest BCUT2D eigenvalue weighted by Crippen LogP contribution is -2.13. The summed E-state index contributed by atoms with van der Waals surface area (Å²) in [6.07, 6.45) is 1.82. The molecule has 0 amide bonds. The number of pyridine rings is 1. The summed E-state index contributed by atoms with van der Waals surface area (Å²) in [4.78, 5) is 4.42. The summed E-state index contributed by atoms with van der Waals surface area (Å²) >= 11 is 0. The number of methoxy groups -OCH3 is 2. The molecule has 0 saturated heterocycles. The van der Waals surface area contributed by atoms with Crippen molar-refractivity contribution in [3.8, 4) is 11.5 Å². The van der Waals surface area contributed by atoms with Crippen molar-refractivity contribution in [1.29, 1.82) is 0 Å². The van der Waals surface area contributed by atoms with Crippen LogP contribution >= 0.6 is 0 Å². The van der Waals surface area contributed by atoms with Crippen molar-refractivity contribution in [2.24, 2.45) is 0 Å². The first-order valence-electron chi connectivity index (χ1n) is 6.00. The smallest absolute Gasteiger partial charge is 0.161 e. The lowest BCUT2D eigenvalue weighted by molar-refractivity contribution is 0.356. The number of benzene rings is 1. The highest BCUT2D eigenvalue weighted by Gasteiger charge is 2.09. The Balaban J connectivity index is 2.54. The first-order valence-corrected chi connectivity index (χ1v) is 6.00. The van der Waals surface area contributed by atoms with E-state index in [1.807, 2.05) is 24.4 Å². The number of fused-ring (bicyclic) bond motifs is 1. The highest BCUT2D eigenvalue weighted by Crippen LogP contribution is 2.32. The third-order valence-corrected chi connectivity index (χ3v) is 2.89. The summed E-state index contributed by atoms with van der Waals surface area (Å²) in [7, 11) is 3.29. The Morgan fingerprint density at radius 1 is 1.17 bits per heavy atom. The summed E-state index contributed by atoms with van der Waals surface area (Å²) < 4.78 is 10.6. The highest BCUT2D eigenvalue weighted by molar-refractivity contribution is 5.87. The van der Waals surface area contributed by atoms with Crippen LogP contribution in [-0.4, -0.2) is 25.7 Å². The minimum atomic E-state index is 0.732. The van der Waals surface area contributed by atoms with Crippen molar-refractivity contribution in [3.63, 3.8) is 0 Å². The van der Waals surface area contributed by atoms with Crippen LogP contribution in [0.4, 0.5) is 0 Å². The Kier molecular flexibility index (Phi) is 3.99. The quantitative estimate of drug-likeness (QED) is 0.879. The zero-order valence-corrected chi connectivity index (χ0v) is 11.0. The molecule has 0 aliphatic heterocycles. The molecule has 0 bridgehead atoms. The Morgan fingerprint density at radius 3 is 2.56 bits per heavy atom. The SMILES string of the molecule is CCNCc1nccc2cc(OC)c(OC)cc12. The molecule has 0 aliphatic carbocycles. The van der Waals surface area contributed by atoms with Crippen LogP contribution in [0.25, 0.3) is 10.8 Å². The summed E-state index contributed by atoms with van der Waals surface area (Å²) in [6.45, 7) is 3.75. The van der Waals surface area contributed by atoms with Gasteiger partial charge in [-0.3, -0.25) is 4.98 Å². The lowest BCUT2D eigenvalue weighted by atomic mass is 10.1. The van der Waals surface area contributed by atoms with E-state index in [2.05, 4.69) is 17.2 Å². The van der Waals surface area contributed by atoms with Gasteiger partial charge in [-0.05, 0) is 30.1 Å². The van der Waals surface area contributed by atoms with Crippen molar-refractivity contribution in [3.05, 3.63) is 30.1 Å². The average molecular weight is 246 g/mol. The number of aromatic nitrogens is 1. The predicted octanol–water partition coefficient (Wildman–Crippen LogP) is 2.36. The van der Waals surface area contributed by atoms with Gasteiger partial charge < -0.3 is 14.8 Å². The van der Waals surface area contributed by atoms with Gasteiger partial charge in [0.05, 0.1) is 19.9 Å². The van der Waals surface area contributed by atoms with Crippen molar-refractivity contribution in [2.45, 2.75) is 13.5 Å². The van der Waals surface area contributed by atoms with Gasteiger partial charge in [-0.25, -0.2) is 0 Å². The normalized spacial score (nSPS) is 10.6. The second-order valence-corrected chi connectivity index (χ2v) is 3.97. The van der Waals surface area contributed by atoms with Gasteiger partial charge in [0.15, 0.2) is 11.5 Å². The Hall–Kier alpha value is -1.81. The summed E-state index contributed by atoms with van der Waals surface area (Å²) in [5.74, 6) is 1.47. The molecule has 1 aromatic heterocycles. The van der Waals surface area contributed by atoms with E-state index in [0.29, 0.717) is 0 Å². The van der Waals surface area contributed by atoms with Crippen molar-refractivity contribution < 1.29 is 9.47 Å². The monoisotopic (exact) mass is 246 g/mol. The number of hydrogen-bond donors (Lipinski definition) is 1. The van der Waals surface area contributed by atoms with E-state index in [9.17, 15) is 0 Å². The van der Waals surface area contributed by atoms with Crippen molar-refractivity contribution in [2.75, 3.05) is 20.8 Å². The Labute approximate surface area is 107 Å². The van der Waals surface area contributed by atoms with Crippen molar-refractivity contribution in [1.82, 2.24) is 10.3 Å². The second kappa shape index (κ2) is 5.69. The molecule has 0 saturated carbocycles. The molecule has 0 radical (unpaired) electrons. The van der Waals surface area contributed by atoms with Gasteiger partial charge in [0.1, 0.15) is 0 Å². The topological polar surface area (TPSA) is 43.4 Å². The van der Waals surface area contributed by atoms with Gasteiger partial charge in [-0.2, -0.15) is 0 Å². The molecule has 2 aromatic rings. The summed E-state index contributed by atoms with van der Waals surface area (Å²) in [6, 6.07) is 5.94. The molecule has 1 heterocycles. The molecule has 0 unspecified atom stereocenters. The van der Waals surface area contributed by atoms with E-state index in [0.717, 1.165) is 41.1 Å². The van der Waals surface area contributed by atoms with Gasteiger partial charge >= 0.3 is 0 Å². The first kappa shape index (κ1) is 12.6. The molecule has 0 atom stereocenters. The Morgan fingerprint density at radius 2 is 1.89 bits per heavy atom. The van der Waals surface area contributed by atoms with Gasteiger partial charge in [0.2, 0.25) is 0 Å². The molecular weight excluding hydrogens is 228 g/mol. The number of ether oxygens (including phenoxy) is 2. The van der Waals surface area contributed by atoms with Gasteiger partial charge in [0, 0.05) is 18.1 Å². The van der Waals surface area contributed by atoms with E-state index in [1.54, 1.807) is 14.2 Å². The maximum absolute atomic E-state index is 5.33. The molecule has 4 heteroatoms. The average Bonchev–Trinajstić information content (AvgIpc) is 2.43. The zero-order chi connectivity index (χ0) is 13.0. The standard InChI is InChI=1S/C14H18N2O2/c1-4-15-9-12-11-8-14(18-3)13(17-2)7-10(11)5-6-16-12/h5-8,15H,4,9H2,1-3H3. The summed E-state index contributed by atoms with van der Waals surface area (Å²) in [5, 5.41) is 5.49. The van der Waals surface area contributed by atoms with E-state index in [1.165, 1.54) is 0 Å². The van der Waals surface area contributed by atoms with E-state index in [-0.39, 0.29) is 0 Å². The number of nitrogens with zero attached hydrogens (tertiary/aromatic N) is 1. The highest BCUT2D eigenvalue weighted by atomic mass is 16.5. The molecule has 1 N–H and O–H groups in total. The van der Waals surface area contributed by atoms with Gasteiger partial charge in [-0.1, -0.05) is 6.92 Å². The maximum Gasteiger partial charge on any atom is 0.161 e. The zero-order valence-electron chi connectivity index (χ0n) is 11.0. The van der Waals surface area contributed by atoms with Crippen LogP contribution in [0.3, 0.4) is 0 Å². The molecule has 2 rings (SSSR count). The third-order valence-electron chi connectivity index (χ3n) is 2.89. The molecule has 18 heavy (non-hydrogen) atoms. The van der Waals surface area contributed by atoms with Crippen LogP contribution in [0.5, 0.6) is 11.5 Å². The largest absolute Gasteiger partial charge is 0.493 e. The predicted molar refractivity (Wildman–Crippen MR) is 72.2 cm³/mol. The fourth-order valence-corrected chi connectivity index (χ4v) is 1.94. The van der Waals surface area contributed by atoms with Crippen molar-refractivity contribution >= 4 is 10.8 Å². The Bertz CT molecular complexity index is 541. The number of rotatable bonds is 5. The first-order chi connectivity index (χ1) is 8.80. The van der Waals surface area contributed by atoms with E-state index in [4.69, 9.17) is 9.47 Å². The number of nitrogens with one attached hydrogen (secondary N) is 1. The van der Waals surface area contributed by atoms with Crippen LogP contribution in [0.1, 0.15) is 12.6 Å². The van der Waals surface area contributed by atoms with Crippen LogP contribution < -0.4 is 14.8 Å². The number of hydrogen-bond acceptors (Lipinski definition) is 4. The molecular formula is C14H18N2O2. The fraction of sp³-hybridized carbons (Fsp3) is 0.357. The molecule has 4 nitrogen and oxygen atoms in total. The minimum Gasteiger partial charge on any atom is -0.493 e. The van der Waals surface area contributed by atoms with Gasteiger partial charge in [0.25, 0.3) is 0 Å². The van der Waals surface area contributed by atoms with E-state index >= 15 is 0 Å². The minimum absolute atomic E-state index is 0.732. The van der Waals surface area contributed by atoms with E-state index < -0.39 is 0 Å². The summed E-state index contributed by atoms with van der Waals surface area (Å²) in [5.41, 5.74) is 1.02. The fourth-order valence-electron chi connectivity index (χ4n) is 1.94. The second-order valence-electron chi connectivity index (χ2n) is 3.97. The van der Waals surface area contributed by atoms with Crippen LogP contribution in [0.15, 0.2) is 24.4 Å². The molecule has 0 fully saturated rings. The van der Waals surface area contributed by atoms with Crippen LogP contribution in [0, 0.1) is 0 Å². The van der Waals surface area contributed by atoms with Crippen LogP contribution in [-0.2, 0) is 6.54 Å². The lowest BCUT2D eigenvalue weighted by Gasteiger charge is -2.11. The molecule has 1 aromatic carbocycles. The van der Waals surface area contributed by atoms with Crippen LogP contribution in [0.2, 0.25) is 0 Å². The third kappa shape index (κ3) is 2.38.